The molecule has 0 spiro atoms. The van der Waals surface area contributed by atoms with Gasteiger partial charge in [-0.3, -0.25) is 4.40 Å². The third-order valence-electron chi connectivity index (χ3n) is 2.83. The first kappa shape index (κ1) is 10.6. The Kier molecular flexibility index (Phi) is 2.19. The van der Waals surface area contributed by atoms with Crippen LogP contribution in [0.4, 0.5) is 5.69 Å². The van der Waals surface area contributed by atoms with Gasteiger partial charge in [-0.2, -0.15) is 0 Å². The molecule has 0 aliphatic rings. The molecule has 5 heteroatoms. The van der Waals surface area contributed by atoms with Crippen LogP contribution in [-0.4, -0.2) is 19.7 Å². The Morgan fingerprint density at radius 1 is 1.17 bits per heavy atom. The Morgan fingerprint density at radius 2 is 2.00 bits per heavy atom. The smallest absolute Gasteiger partial charge is 0.172 e. The van der Waals surface area contributed by atoms with Crippen LogP contribution in [0.25, 0.3) is 17.0 Å². The minimum Gasteiger partial charge on any atom is -0.507 e. The van der Waals surface area contributed by atoms with Crippen LogP contribution in [0.2, 0.25) is 0 Å². The van der Waals surface area contributed by atoms with E-state index < -0.39 is 0 Å². The minimum atomic E-state index is 0.102. The number of rotatable bonds is 1. The fourth-order valence-corrected chi connectivity index (χ4v) is 1.91. The highest BCUT2D eigenvalue weighted by Crippen LogP contribution is 2.29. The molecular weight excluding hydrogens is 228 g/mol. The molecule has 5 nitrogen and oxygen atoms in total. The standard InChI is InChI=1S/C13H12N4O/c1-8-4-5-17-12(6-8)15-16-13(17)10-3-2-9(14)7-11(10)18/h2-7,18H,14H2,1H3. The summed E-state index contributed by atoms with van der Waals surface area (Å²) in [6, 6.07) is 8.87. The normalized spacial score (nSPS) is 10.9. The van der Waals surface area contributed by atoms with Crippen molar-refractivity contribution in [2.75, 3.05) is 5.73 Å². The lowest BCUT2D eigenvalue weighted by Gasteiger charge is -2.04. The van der Waals surface area contributed by atoms with Gasteiger partial charge in [-0.15, -0.1) is 10.2 Å². The fraction of sp³-hybridized carbons (Fsp3) is 0.0769. The number of hydrogen-bond acceptors (Lipinski definition) is 4. The van der Waals surface area contributed by atoms with Crippen molar-refractivity contribution in [1.29, 1.82) is 0 Å². The summed E-state index contributed by atoms with van der Waals surface area (Å²) in [6.45, 7) is 2.00. The molecule has 1 aromatic carbocycles. The summed E-state index contributed by atoms with van der Waals surface area (Å²) in [6.07, 6.45) is 1.88. The average Bonchev–Trinajstić information content (AvgIpc) is 2.72. The highest BCUT2D eigenvalue weighted by molar-refractivity contribution is 5.69. The SMILES string of the molecule is Cc1ccn2c(-c3ccc(N)cc3O)nnc2c1. The summed E-state index contributed by atoms with van der Waals surface area (Å²) < 4.78 is 1.83. The van der Waals surface area contributed by atoms with Crippen LogP contribution < -0.4 is 5.73 Å². The molecule has 0 aliphatic heterocycles. The second-order valence-electron chi connectivity index (χ2n) is 4.23. The lowest BCUT2D eigenvalue weighted by atomic mass is 10.1. The second-order valence-corrected chi connectivity index (χ2v) is 4.23. The summed E-state index contributed by atoms with van der Waals surface area (Å²) in [5, 5.41) is 18.1. The molecule has 3 aromatic rings. The minimum absolute atomic E-state index is 0.102. The Labute approximate surface area is 104 Å². The Bertz CT molecular complexity index is 733. The van der Waals surface area contributed by atoms with Gasteiger partial charge in [0.1, 0.15) is 5.75 Å². The van der Waals surface area contributed by atoms with Gasteiger partial charge in [0.25, 0.3) is 0 Å². The molecule has 0 aliphatic carbocycles. The summed E-state index contributed by atoms with van der Waals surface area (Å²) in [5.41, 5.74) is 8.60. The van der Waals surface area contributed by atoms with Gasteiger partial charge in [-0.1, -0.05) is 0 Å². The number of phenolic OH excluding ortho intramolecular Hbond substituents is 1. The molecule has 90 valence electrons. The highest BCUT2D eigenvalue weighted by Gasteiger charge is 2.11. The van der Waals surface area contributed by atoms with Gasteiger partial charge in [0.2, 0.25) is 0 Å². The number of anilines is 1. The van der Waals surface area contributed by atoms with Crippen LogP contribution in [0.3, 0.4) is 0 Å². The van der Waals surface area contributed by atoms with E-state index in [2.05, 4.69) is 10.2 Å². The van der Waals surface area contributed by atoms with Crippen molar-refractivity contribution >= 4 is 11.3 Å². The van der Waals surface area contributed by atoms with Crippen LogP contribution in [0.1, 0.15) is 5.56 Å². The topological polar surface area (TPSA) is 76.4 Å². The Hall–Kier alpha value is -2.56. The number of phenols is 1. The van der Waals surface area contributed by atoms with E-state index in [1.165, 1.54) is 6.07 Å². The molecule has 0 radical (unpaired) electrons. The lowest BCUT2D eigenvalue weighted by Crippen LogP contribution is -1.91. The van der Waals surface area contributed by atoms with E-state index in [0.717, 1.165) is 11.2 Å². The van der Waals surface area contributed by atoms with Crippen molar-refractivity contribution in [2.45, 2.75) is 6.92 Å². The Balaban J connectivity index is 2.25. The van der Waals surface area contributed by atoms with Crippen molar-refractivity contribution < 1.29 is 5.11 Å². The van der Waals surface area contributed by atoms with E-state index in [1.54, 1.807) is 12.1 Å². The molecule has 18 heavy (non-hydrogen) atoms. The van der Waals surface area contributed by atoms with Crippen molar-refractivity contribution in [3.8, 4) is 17.1 Å². The first-order chi connectivity index (χ1) is 8.65. The van der Waals surface area contributed by atoms with Crippen molar-refractivity contribution in [3.63, 3.8) is 0 Å². The molecule has 0 unspecified atom stereocenters. The molecule has 0 saturated heterocycles. The predicted molar refractivity (Wildman–Crippen MR) is 69.2 cm³/mol. The number of nitrogens with zero attached hydrogens (tertiary/aromatic N) is 3. The molecule has 0 fully saturated rings. The molecule has 2 aromatic heterocycles. The average molecular weight is 240 g/mol. The van der Waals surface area contributed by atoms with Gasteiger partial charge in [0.05, 0.1) is 5.56 Å². The fourth-order valence-electron chi connectivity index (χ4n) is 1.91. The van der Waals surface area contributed by atoms with Gasteiger partial charge in [0.15, 0.2) is 11.5 Å². The molecule has 3 rings (SSSR count). The van der Waals surface area contributed by atoms with Crippen molar-refractivity contribution in [3.05, 3.63) is 42.1 Å². The van der Waals surface area contributed by atoms with Crippen LogP contribution >= 0.6 is 0 Å². The molecule has 2 heterocycles. The van der Waals surface area contributed by atoms with Gasteiger partial charge >= 0.3 is 0 Å². The van der Waals surface area contributed by atoms with Gasteiger partial charge in [-0.25, -0.2) is 0 Å². The maximum Gasteiger partial charge on any atom is 0.172 e. The maximum atomic E-state index is 9.92. The number of hydrogen-bond donors (Lipinski definition) is 2. The summed E-state index contributed by atoms with van der Waals surface area (Å²) in [4.78, 5) is 0. The summed E-state index contributed by atoms with van der Waals surface area (Å²) in [5.74, 6) is 0.701. The van der Waals surface area contributed by atoms with E-state index in [-0.39, 0.29) is 5.75 Å². The predicted octanol–water partition coefficient (Wildman–Crippen LogP) is 1.99. The van der Waals surface area contributed by atoms with Crippen molar-refractivity contribution in [1.82, 2.24) is 14.6 Å². The van der Waals surface area contributed by atoms with Crippen LogP contribution in [0.5, 0.6) is 5.75 Å². The van der Waals surface area contributed by atoms with Gasteiger partial charge < -0.3 is 10.8 Å². The first-order valence-corrected chi connectivity index (χ1v) is 5.55. The molecule has 0 bridgehead atoms. The number of aryl methyl sites for hydroxylation is 1. The van der Waals surface area contributed by atoms with Gasteiger partial charge in [-0.05, 0) is 36.8 Å². The largest absolute Gasteiger partial charge is 0.507 e. The number of nitrogen functional groups attached to an aromatic ring is 1. The lowest BCUT2D eigenvalue weighted by molar-refractivity contribution is 0.477. The molecule has 3 N–H and O–H groups in total. The van der Waals surface area contributed by atoms with Crippen LogP contribution in [-0.2, 0) is 0 Å². The van der Waals surface area contributed by atoms with E-state index in [0.29, 0.717) is 17.1 Å². The van der Waals surface area contributed by atoms with Crippen LogP contribution in [0.15, 0.2) is 36.5 Å². The number of fused-ring (bicyclic) bond motifs is 1. The number of nitrogens with two attached hydrogens (primary N) is 1. The van der Waals surface area contributed by atoms with Gasteiger partial charge in [0, 0.05) is 18.0 Å². The highest BCUT2D eigenvalue weighted by atomic mass is 16.3. The van der Waals surface area contributed by atoms with E-state index in [4.69, 9.17) is 5.73 Å². The van der Waals surface area contributed by atoms with E-state index in [1.807, 2.05) is 29.7 Å². The number of aromatic hydroxyl groups is 1. The number of aromatic nitrogens is 3. The van der Waals surface area contributed by atoms with E-state index in [9.17, 15) is 5.11 Å². The monoisotopic (exact) mass is 240 g/mol. The number of benzene rings is 1. The number of pyridine rings is 1. The van der Waals surface area contributed by atoms with Crippen molar-refractivity contribution in [2.24, 2.45) is 0 Å². The third kappa shape index (κ3) is 1.57. The Morgan fingerprint density at radius 3 is 2.78 bits per heavy atom. The zero-order valence-electron chi connectivity index (χ0n) is 9.83. The van der Waals surface area contributed by atoms with E-state index >= 15 is 0 Å². The van der Waals surface area contributed by atoms with Crippen LogP contribution in [0, 0.1) is 6.92 Å². The first-order valence-electron chi connectivity index (χ1n) is 5.55. The third-order valence-corrected chi connectivity index (χ3v) is 2.83. The molecule has 0 saturated carbocycles. The molecule has 0 amide bonds. The summed E-state index contributed by atoms with van der Waals surface area (Å²) >= 11 is 0. The second kappa shape index (κ2) is 3.73. The maximum absolute atomic E-state index is 9.92. The molecule has 0 atom stereocenters. The zero-order valence-corrected chi connectivity index (χ0v) is 9.83. The quantitative estimate of drug-likeness (QED) is 0.638. The molecular formula is C13H12N4O. The zero-order chi connectivity index (χ0) is 12.7. The summed E-state index contributed by atoms with van der Waals surface area (Å²) in [7, 11) is 0.